The van der Waals surface area contributed by atoms with Gasteiger partial charge in [-0.15, -0.1) is 0 Å². The van der Waals surface area contributed by atoms with Crippen LogP contribution in [0.2, 0.25) is 0 Å². The third-order valence-electron chi connectivity index (χ3n) is 2.66. The molecule has 0 aromatic carbocycles. The van der Waals surface area contributed by atoms with Crippen LogP contribution in [0.15, 0.2) is 0 Å². The SMILES string of the molecule is CCCCCCCCC([PH3+])CCC. The summed E-state index contributed by atoms with van der Waals surface area (Å²) in [5.74, 6) is 0. The van der Waals surface area contributed by atoms with Crippen molar-refractivity contribution in [3.63, 3.8) is 0 Å². The standard InChI is InChI=1S/C12H27P/c1-3-5-6-7-8-9-11-12(13)10-4-2/h12H,3-11,13H2,1-2H3/p+1. The number of rotatable bonds is 9. The maximum atomic E-state index is 2.29. The minimum absolute atomic E-state index is 0.996. The molecular weight excluding hydrogens is 175 g/mol. The Morgan fingerprint density at radius 2 is 1.38 bits per heavy atom. The molecule has 0 bridgehead atoms. The van der Waals surface area contributed by atoms with Crippen LogP contribution in [-0.2, 0) is 0 Å². The molecule has 0 amide bonds. The van der Waals surface area contributed by atoms with Gasteiger partial charge in [-0.3, -0.25) is 0 Å². The monoisotopic (exact) mass is 203 g/mol. The summed E-state index contributed by atoms with van der Waals surface area (Å²) in [4.78, 5) is 0. The Hall–Kier alpha value is 0.430. The normalized spacial score (nSPS) is 13.4. The molecule has 0 aromatic rings. The molecule has 0 aliphatic carbocycles. The van der Waals surface area contributed by atoms with Gasteiger partial charge in [0.15, 0.2) is 0 Å². The van der Waals surface area contributed by atoms with E-state index in [2.05, 4.69) is 23.1 Å². The molecule has 0 aromatic heterocycles. The van der Waals surface area contributed by atoms with Crippen LogP contribution in [-0.4, -0.2) is 5.66 Å². The van der Waals surface area contributed by atoms with Crippen molar-refractivity contribution in [3.05, 3.63) is 0 Å². The molecule has 0 aliphatic heterocycles. The molecule has 0 spiro atoms. The zero-order valence-corrected chi connectivity index (χ0v) is 11.1. The van der Waals surface area contributed by atoms with E-state index in [0.29, 0.717) is 0 Å². The molecule has 0 nitrogen and oxygen atoms in total. The van der Waals surface area contributed by atoms with Crippen molar-refractivity contribution in [2.75, 3.05) is 0 Å². The van der Waals surface area contributed by atoms with Crippen LogP contribution in [0.3, 0.4) is 0 Å². The second-order valence-electron chi connectivity index (χ2n) is 4.21. The molecule has 0 aliphatic rings. The highest BCUT2D eigenvalue weighted by atomic mass is 31.0. The predicted octanol–water partition coefficient (Wildman–Crippen LogP) is 4.51. The zero-order chi connectivity index (χ0) is 9.94. The van der Waals surface area contributed by atoms with Crippen molar-refractivity contribution in [1.29, 1.82) is 0 Å². The van der Waals surface area contributed by atoms with Gasteiger partial charge in [0.25, 0.3) is 0 Å². The summed E-state index contributed by atoms with van der Waals surface area (Å²) in [6.45, 7) is 4.58. The first-order valence-corrected chi connectivity index (χ1v) is 6.96. The van der Waals surface area contributed by atoms with E-state index in [-0.39, 0.29) is 0 Å². The Morgan fingerprint density at radius 1 is 0.769 bits per heavy atom. The van der Waals surface area contributed by atoms with Gasteiger partial charge < -0.3 is 0 Å². The summed E-state index contributed by atoms with van der Waals surface area (Å²) >= 11 is 0. The van der Waals surface area contributed by atoms with Crippen LogP contribution in [0.25, 0.3) is 0 Å². The predicted molar refractivity (Wildman–Crippen MR) is 67.8 cm³/mol. The summed E-state index contributed by atoms with van der Waals surface area (Å²) in [5, 5.41) is 0. The van der Waals surface area contributed by atoms with E-state index in [9.17, 15) is 0 Å². The third kappa shape index (κ3) is 10.4. The summed E-state index contributed by atoms with van der Waals surface area (Å²) in [6, 6.07) is 0. The number of hydrogen-bond acceptors (Lipinski definition) is 0. The van der Waals surface area contributed by atoms with Crippen LogP contribution >= 0.6 is 9.24 Å². The number of hydrogen-bond donors (Lipinski definition) is 0. The molecule has 13 heavy (non-hydrogen) atoms. The second kappa shape index (κ2) is 10.5. The average Bonchev–Trinajstić information content (AvgIpc) is 2.11. The summed E-state index contributed by atoms with van der Waals surface area (Å²) in [5.41, 5.74) is 0.996. The highest BCUT2D eigenvalue weighted by molar-refractivity contribution is 7.17. The fraction of sp³-hybridized carbons (Fsp3) is 1.00. The molecule has 0 N–H and O–H groups in total. The lowest BCUT2D eigenvalue weighted by Gasteiger charge is -2.04. The van der Waals surface area contributed by atoms with Gasteiger partial charge in [0, 0.05) is 0 Å². The molecule has 2 unspecified atom stereocenters. The van der Waals surface area contributed by atoms with Crippen molar-refractivity contribution >= 4 is 9.24 Å². The highest BCUT2D eigenvalue weighted by Gasteiger charge is 2.03. The Morgan fingerprint density at radius 3 is 2.00 bits per heavy atom. The van der Waals surface area contributed by atoms with E-state index >= 15 is 0 Å². The zero-order valence-electron chi connectivity index (χ0n) is 9.65. The van der Waals surface area contributed by atoms with E-state index in [1.807, 2.05) is 0 Å². The van der Waals surface area contributed by atoms with E-state index < -0.39 is 0 Å². The van der Waals surface area contributed by atoms with E-state index in [1.165, 1.54) is 57.8 Å². The Labute approximate surface area is 87.1 Å². The van der Waals surface area contributed by atoms with E-state index in [1.54, 1.807) is 0 Å². The van der Waals surface area contributed by atoms with Gasteiger partial charge in [-0.2, -0.15) is 0 Å². The first kappa shape index (κ1) is 13.4. The fourth-order valence-electron chi connectivity index (χ4n) is 1.77. The second-order valence-corrected chi connectivity index (χ2v) is 5.37. The third-order valence-corrected chi connectivity index (χ3v) is 3.48. The molecule has 1 heteroatoms. The van der Waals surface area contributed by atoms with E-state index in [0.717, 1.165) is 5.66 Å². The van der Waals surface area contributed by atoms with Crippen LogP contribution in [0.4, 0.5) is 0 Å². The lowest BCUT2D eigenvalue weighted by Crippen LogP contribution is -1.96. The molecule has 0 rings (SSSR count). The smallest absolute Gasteiger partial charge is 0.0630 e. The Bertz CT molecular complexity index is 91.1. The van der Waals surface area contributed by atoms with E-state index in [4.69, 9.17) is 0 Å². The maximum absolute atomic E-state index is 2.29. The largest absolute Gasteiger partial charge is 0.0654 e. The van der Waals surface area contributed by atoms with Gasteiger partial charge in [0.1, 0.15) is 0 Å². The van der Waals surface area contributed by atoms with Crippen LogP contribution in [0.1, 0.15) is 71.6 Å². The fourth-order valence-corrected chi connectivity index (χ4v) is 2.46. The first-order chi connectivity index (χ1) is 6.31. The van der Waals surface area contributed by atoms with Gasteiger partial charge in [-0.1, -0.05) is 52.4 Å². The molecular formula is C12H28P+. The molecule has 0 heterocycles. The molecule has 0 radical (unpaired) electrons. The molecule has 80 valence electrons. The summed E-state index contributed by atoms with van der Waals surface area (Å²) in [7, 11) is 2.20. The topological polar surface area (TPSA) is 0 Å². The van der Waals surface area contributed by atoms with Crippen molar-refractivity contribution in [2.24, 2.45) is 0 Å². The minimum Gasteiger partial charge on any atom is -0.0654 e. The van der Waals surface area contributed by atoms with Gasteiger partial charge in [0.05, 0.1) is 5.66 Å². The molecule has 2 atom stereocenters. The number of unbranched alkanes of at least 4 members (excludes halogenated alkanes) is 5. The lowest BCUT2D eigenvalue weighted by atomic mass is 10.1. The Balaban J connectivity index is 2.97. The molecule has 0 saturated carbocycles. The van der Waals surface area contributed by atoms with Crippen molar-refractivity contribution in [2.45, 2.75) is 77.3 Å². The van der Waals surface area contributed by atoms with Gasteiger partial charge in [-0.25, -0.2) is 0 Å². The molecule has 0 fully saturated rings. The quantitative estimate of drug-likeness (QED) is 0.382. The van der Waals surface area contributed by atoms with Crippen molar-refractivity contribution < 1.29 is 0 Å². The van der Waals surface area contributed by atoms with Crippen LogP contribution < -0.4 is 0 Å². The highest BCUT2D eigenvalue weighted by Crippen LogP contribution is 2.17. The minimum atomic E-state index is 0.996. The summed E-state index contributed by atoms with van der Waals surface area (Å²) < 4.78 is 0. The lowest BCUT2D eigenvalue weighted by molar-refractivity contribution is 0.569. The van der Waals surface area contributed by atoms with Crippen LogP contribution in [0, 0.1) is 0 Å². The first-order valence-electron chi connectivity index (χ1n) is 6.14. The average molecular weight is 203 g/mol. The van der Waals surface area contributed by atoms with Crippen molar-refractivity contribution in [1.82, 2.24) is 0 Å². The van der Waals surface area contributed by atoms with Crippen molar-refractivity contribution in [3.8, 4) is 0 Å². The maximum Gasteiger partial charge on any atom is 0.0630 e. The Kier molecular flexibility index (Phi) is 10.9. The van der Waals surface area contributed by atoms with Gasteiger partial charge >= 0.3 is 0 Å². The molecule has 0 saturated heterocycles. The summed E-state index contributed by atoms with van der Waals surface area (Å²) in [6.07, 6.45) is 12.9. The van der Waals surface area contributed by atoms with Gasteiger partial charge in [0.2, 0.25) is 0 Å². The van der Waals surface area contributed by atoms with Crippen LogP contribution in [0.5, 0.6) is 0 Å². The van der Waals surface area contributed by atoms with Gasteiger partial charge in [-0.05, 0) is 28.5 Å².